The lowest BCUT2D eigenvalue weighted by Gasteiger charge is -2.13. The molecular weight excluding hydrogens is 408 g/mol. The molecule has 29 heavy (non-hydrogen) atoms. The fourth-order valence-electron chi connectivity index (χ4n) is 2.81. The van der Waals surface area contributed by atoms with E-state index < -0.39 is 0 Å². The predicted octanol–water partition coefficient (Wildman–Crippen LogP) is 4.21. The van der Waals surface area contributed by atoms with Crippen LogP contribution in [0.4, 0.5) is 0 Å². The molecule has 0 saturated carbocycles. The normalized spacial score (nSPS) is 10.9. The van der Waals surface area contributed by atoms with E-state index in [1.807, 2.05) is 47.2 Å². The third-order valence-electron chi connectivity index (χ3n) is 4.23. The fourth-order valence-corrected chi connectivity index (χ4v) is 3.86. The van der Waals surface area contributed by atoms with Crippen LogP contribution in [0.5, 0.6) is 0 Å². The van der Waals surface area contributed by atoms with Gasteiger partial charge in [0, 0.05) is 41.4 Å². The van der Waals surface area contributed by atoms with E-state index in [0.29, 0.717) is 34.5 Å². The van der Waals surface area contributed by atoms with E-state index in [-0.39, 0.29) is 5.56 Å². The summed E-state index contributed by atoms with van der Waals surface area (Å²) in [6.45, 7) is 0.488. The van der Waals surface area contributed by atoms with Crippen molar-refractivity contribution in [2.45, 2.75) is 23.9 Å². The van der Waals surface area contributed by atoms with Crippen LogP contribution in [0.1, 0.15) is 22.5 Å². The van der Waals surface area contributed by atoms with Gasteiger partial charge in [0.25, 0.3) is 5.56 Å². The maximum absolute atomic E-state index is 12.6. The highest BCUT2D eigenvalue weighted by atomic mass is 35.5. The van der Waals surface area contributed by atoms with Crippen LogP contribution in [-0.4, -0.2) is 19.5 Å². The highest BCUT2D eigenvalue weighted by Crippen LogP contribution is 2.23. The maximum atomic E-state index is 12.6. The number of aromatic nitrogens is 4. The molecular formula is C21H17ClN4O2S. The summed E-state index contributed by atoms with van der Waals surface area (Å²) in [6.07, 6.45) is 8.77. The van der Waals surface area contributed by atoms with Crippen molar-refractivity contribution in [3.8, 4) is 0 Å². The zero-order chi connectivity index (χ0) is 20.1. The minimum Gasteiger partial charge on any atom is -0.467 e. The fraction of sp³-hybridized carbons (Fsp3) is 0.143. The molecule has 0 spiro atoms. The molecule has 0 atom stereocenters. The van der Waals surface area contributed by atoms with Gasteiger partial charge in [0.05, 0.1) is 12.8 Å². The molecule has 146 valence electrons. The number of rotatable bonds is 7. The predicted molar refractivity (Wildman–Crippen MR) is 112 cm³/mol. The maximum Gasteiger partial charge on any atom is 0.277 e. The van der Waals surface area contributed by atoms with Gasteiger partial charge in [0.2, 0.25) is 0 Å². The smallest absolute Gasteiger partial charge is 0.277 e. The number of furan rings is 1. The number of thioether (sulfide) groups is 1. The Kier molecular flexibility index (Phi) is 6.07. The van der Waals surface area contributed by atoms with Gasteiger partial charge in [-0.25, -0.2) is 9.97 Å². The van der Waals surface area contributed by atoms with Crippen LogP contribution >= 0.6 is 23.4 Å². The van der Waals surface area contributed by atoms with Gasteiger partial charge in [0.15, 0.2) is 5.16 Å². The molecule has 0 amide bonds. The average Bonchev–Trinajstić information content (AvgIpc) is 3.24. The van der Waals surface area contributed by atoms with Crippen molar-refractivity contribution in [1.29, 1.82) is 0 Å². The van der Waals surface area contributed by atoms with Crippen molar-refractivity contribution >= 4 is 23.4 Å². The molecule has 0 bridgehead atoms. The molecule has 0 aliphatic carbocycles. The zero-order valence-electron chi connectivity index (χ0n) is 15.4. The molecule has 4 rings (SSSR count). The van der Waals surface area contributed by atoms with E-state index in [0.717, 1.165) is 16.9 Å². The minimum atomic E-state index is -0.247. The molecule has 3 aromatic heterocycles. The minimum absolute atomic E-state index is 0.247. The summed E-state index contributed by atoms with van der Waals surface area (Å²) >= 11 is 7.45. The molecule has 0 N–H and O–H groups in total. The van der Waals surface area contributed by atoms with E-state index in [1.165, 1.54) is 18.1 Å². The Hall–Kier alpha value is -2.90. The second kappa shape index (κ2) is 9.07. The van der Waals surface area contributed by atoms with Crippen molar-refractivity contribution in [1.82, 2.24) is 19.5 Å². The van der Waals surface area contributed by atoms with Gasteiger partial charge in [-0.2, -0.15) is 4.98 Å². The van der Waals surface area contributed by atoms with Crippen LogP contribution in [0.15, 0.2) is 81.9 Å². The Labute approximate surface area is 176 Å². The van der Waals surface area contributed by atoms with Gasteiger partial charge in [-0.3, -0.25) is 4.79 Å². The molecule has 0 radical (unpaired) electrons. The first-order valence-corrected chi connectivity index (χ1v) is 10.3. The van der Waals surface area contributed by atoms with Crippen LogP contribution in [0.2, 0.25) is 5.02 Å². The summed E-state index contributed by atoms with van der Waals surface area (Å²) in [5, 5.41) is 1.33. The highest BCUT2D eigenvalue weighted by molar-refractivity contribution is 7.98. The van der Waals surface area contributed by atoms with Gasteiger partial charge in [-0.05, 0) is 35.4 Å². The Morgan fingerprint density at radius 3 is 2.59 bits per heavy atom. The SMILES string of the molecule is O=c1nc(SCc2ccc(Cl)cc2)n(Cc2ccco2)cc1Cc1cncnc1. The first-order valence-electron chi connectivity index (χ1n) is 8.91. The van der Waals surface area contributed by atoms with E-state index >= 15 is 0 Å². The zero-order valence-corrected chi connectivity index (χ0v) is 16.9. The second-order valence-corrected chi connectivity index (χ2v) is 7.78. The van der Waals surface area contributed by atoms with E-state index in [4.69, 9.17) is 16.0 Å². The summed E-state index contributed by atoms with van der Waals surface area (Å²) < 4.78 is 7.43. The van der Waals surface area contributed by atoms with E-state index in [2.05, 4.69) is 15.0 Å². The van der Waals surface area contributed by atoms with Crippen LogP contribution in [-0.2, 0) is 18.7 Å². The van der Waals surface area contributed by atoms with Crippen molar-refractivity contribution in [2.75, 3.05) is 0 Å². The average molecular weight is 425 g/mol. The van der Waals surface area contributed by atoms with E-state index in [9.17, 15) is 4.79 Å². The second-order valence-electron chi connectivity index (χ2n) is 6.40. The Balaban J connectivity index is 1.62. The molecule has 0 aliphatic rings. The molecule has 4 aromatic rings. The van der Waals surface area contributed by atoms with Crippen molar-refractivity contribution in [3.63, 3.8) is 0 Å². The standard InChI is InChI=1S/C21H17ClN4O2S/c22-18-5-3-15(4-6-18)13-29-21-25-20(27)17(8-16-9-23-14-24-10-16)11-26(21)12-19-2-1-7-28-19/h1-7,9-11,14H,8,12-13H2. The Bertz CT molecular complexity index is 1130. The monoisotopic (exact) mass is 424 g/mol. The number of benzene rings is 1. The molecule has 0 fully saturated rings. The van der Waals surface area contributed by atoms with E-state index in [1.54, 1.807) is 18.7 Å². The lowest BCUT2D eigenvalue weighted by molar-refractivity contribution is 0.478. The summed E-state index contributed by atoms with van der Waals surface area (Å²) in [6, 6.07) is 11.4. The molecule has 0 saturated heterocycles. The lowest BCUT2D eigenvalue weighted by atomic mass is 10.1. The third kappa shape index (κ3) is 5.13. The third-order valence-corrected chi connectivity index (χ3v) is 5.54. The quantitative estimate of drug-likeness (QED) is 0.327. The summed E-state index contributed by atoms with van der Waals surface area (Å²) in [4.78, 5) is 25.0. The first kappa shape index (κ1) is 19.4. The number of halogens is 1. The van der Waals surface area contributed by atoms with Crippen molar-refractivity contribution < 1.29 is 4.42 Å². The number of hydrogen-bond acceptors (Lipinski definition) is 6. The first-order chi connectivity index (χ1) is 14.2. The van der Waals surface area contributed by atoms with Gasteiger partial charge in [0.1, 0.15) is 12.1 Å². The topological polar surface area (TPSA) is 73.8 Å². The lowest BCUT2D eigenvalue weighted by Crippen LogP contribution is -2.20. The van der Waals surface area contributed by atoms with Gasteiger partial charge in [-0.15, -0.1) is 0 Å². The van der Waals surface area contributed by atoms with Crippen LogP contribution < -0.4 is 5.56 Å². The summed E-state index contributed by atoms with van der Waals surface area (Å²) in [5.41, 5.74) is 2.30. The van der Waals surface area contributed by atoms with Crippen molar-refractivity contribution in [2.24, 2.45) is 0 Å². The largest absolute Gasteiger partial charge is 0.467 e. The molecule has 0 aliphatic heterocycles. The Morgan fingerprint density at radius 1 is 1.07 bits per heavy atom. The molecule has 8 heteroatoms. The highest BCUT2D eigenvalue weighted by Gasteiger charge is 2.12. The number of hydrogen-bond donors (Lipinski definition) is 0. The molecule has 3 heterocycles. The number of nitrogens with zero attached hydrogens (tertiary/aromatic N) is 4. The molecule has 6 nitrogen and oxygen atoms in total. The molecule has 1 aromatic carbocycles. The van der Waals surface area contributed by atoms with Gasteiger partial charge < -0.3 is 8.98 Å². The van der Waals surface area contributed by atoms with Crippen molar-refractivity contribution in [3.05, 3.63) is 105 Å². The Morgan fingerprint density at radius 2 is 1.86 bits per heavy atom. The summed E-state index contributed by atoms with van der Waals surface area (Å²) in [7, 11) is 0. The van der Waals surface area contributed by atoms with Crippen LogP contribution in [0.3, 0.4) is 0 Å². The van der Waals surface area contributed by atoms with Crippen LogP contribution in [0, 0.1) is 0 Å². The van der Waals surface area contributed by atoms with Gasteiger partial charge >= 0.3 is 0 Å². The summed E-state index contributed by atoms with van der Waals surface area (Å²) in [5.74, 6) is 1.46. The van der Waals surface area contributed by atoms with Crippen LogP contribution in [0.25, 0.3) is 0 Å². The van der Waals surface area contributed by atoms with Gasteiger partial charge in [-0.1, -0.05) is 35.5 Å². The molecule has 0 unspecified atom stereocenters.